The van der Waals surface area contributed by atoms with Gasteiger partial charge in [0.25, 0.3) is 0 Å². The van der Waals surface area contributed by atoms with Gasteiger partial charge in [-0.25, -0.2) is 15.0 Å². The van der Waals surface area contributed by atoms with Crippen molar-refractivity contribution in [1.29, 1.82) is 0 Å². The molecule has 0 saturated heterocycles. The maximum absolute atomic E-state index is 5.68. The van der Waals surface area contributed by atoms with Crippen LogP contribution in [0.5, 0.6) is 0 Å². The van der Waals surface area contributed by atoms with Crippen molar-refractivity contribution in [3.63, 3.8) is 0 Å². The van der Waals surface area contributed by atoms with E-state index in [9.17, 15) is 0 Å². The standard InChI is InChI=1S/C138H93N9/c1-136(2)115-40-16-7-31-97(115)100-65-59-94(79-118(100)136)143-124-46-22-13-37-106(124)112-73-83(54-68-127(112)143)86-51-62-109-103-34-10-19-43-121(103)142(130(109)76-86)91-57-49-82(50-58-91)133-139-134(89-27-25-29-92(71-89)146-122-44-20-11-35-104(122)110-63-52-87(77-131(110)146)84-55-69-128-113(74-84)107-38-14-23-47-125(107)144(128)95-60-66-101-98-32-8-17-41-116(98)137(3,4)119(101)80-95)141-135(140-133)90-28-26-30-93(72-90)147-123-45-21-12-36-105(123)111-64-53-88(78-132(111)147)85-56-70-129-114(75-85)108-39-15-24-48-126(108)145(129)96-61-67-102-99-33-9-18-42-117(99)138(5,6)120(102)81-96/h7-81H,1-6H3. The Bertz CT molecular complexity index is 10200. The van der Waals surface area contributed by atoms with E-state index >= 15 is 0 Å². The summed E-state index contributed by atoms with van der Waals surface area (Å²) in [5.41, 5.74) is 45.2. The summed E-state index contributed by atoms with van der Waals surface area (Å²) in [7, 11) is 0. The van der Waals surface area contributed by atoms with Crippen molar-refractivity contribution < 1.29 is 0 Å². The fourth-order valence-electron chi connectivity index (χ4n) is 26.2. The lowest BCUT2D eigenvalue weighted by molar-refractivity contribution is 0.660. The van der Waals surface area contributed by atoms with Gasteiger partial charge in [-0.2, -0.15) is 0 Å². The molecule has 28 aromatic rings. The van der Waals surface area contributed by atoms with Crippen LogP contribution in [0.25, 0.3) is 266 Å². The van der Waals surface area contributed by atoms with Gasteiger partial charge in [-0.3, -0.25) is 0 Å². The lowest BCUT2D eigenvalue weighted by Gasteiger charge is -2.22. The Hall–Kier alpha value is -18.6. The zero-order valence-corrected chi connectivity index (χ0v) is 81.8. The van der Waals surface area contributed by atoms with Gasteiger partial charge in [0, 0.05) is 132 Å². The zero-order valence-electron chi connectivity index (χ0n) is 81.8. The van der Waals surface area contributed by atoms with E-state index in [0.717, 1.165) is 122 Å². The van der Waals surface area contributed by atoms with Crippen molar-refractivity contribution >= 4 is 131 Å². The molecule has 0 radical (unpaired) electrons. The van der Waals surface area contributed by atoms with Crippen molar-refractivity contribution in [3.05, 3.63) is 488 Å². The SMILES string of the molecule is CC1(C)c2ccccc2-c2ccc(-n3c4ccccc4c4cc(-c5ccc6c7ccccc7n(-c7ccc(-c8nc(-c9cccc(-n%10c%11ccccc%11c%11ccc(-c%12ccc%13c(c%12)c%12ccccc%12n%13-c%12ccc%13c(c%12)C(C)(C)c%12ccccc%12-%13)cc%11%10)c9)nc(-c9cccc(-n%10c%11ccccc%11c%11ccc(-c%12ccc%13c(c%12)c%12ccccc%12n%13-c%12ccc%13c(c%12)C(C)(C)c%12ccccc%12-%13)cc%11%10)c9)n8)cc7)c6c5)ccc43)cc21. The van der Waals surface area contributed by atoms with Crippen LogP contribution in [-0.2, 0) is 16.2 Å². The van der Waals surface area contributed by atoms with Crippen molar-refractivity contribution in [2.75, 3.05) is 0 Å². The molecule has 0 spiro atoms. The van der Waals surface area contributed by atoms with Crippen LogP contribution in [0.2, 0.25) is 0 Å². The summed E-state index contributed by atoms with van der Waals surface area (Å²) in [5, 5.41) is 14.3. The number of benzene rings is 21. The summed E-state index contributed by atoms with van der Waals surface area (Å²) in [6.45, 7) is 14.2. The Labute approximate surface area is 848 Å². The minimum atomic E-state index is -0.136. The predicted octanol–water partition coefficient (Wildman–Crippen LogP) is 35.4. The number of para-hydroxylation sites is 6. The first kappa shape index (κ1) is 83.1. The third kappa shape index (κ3) is 12.1. The molecule has 0 bridgehead atoms. The molecule has 9 nitrogen and oxygen atoms in total. The van der Waals surface area contributed by atoms with Crippen LogP contribution in [0.3, 0.4) is 0 Å². The number of hydrogen-bond acceptors (Lipinski definition) is 3. The molecule has 21 aromatic carbocycles. The fourth-order valence-corrected chi connectivity index (χ4v) is 26.2. The first-order valence-corrected chi connectivity index (χ1v) is 51.2. The van der Waals surface area contributed by atoms with Crippen LogP contribution >= 0.6 is 0 Å². The van der Waals surface area contributed by atoms with Gasteiger partial charge in [0.05, 0.1) is 66.2 Å². The minimum Gasteiger partial charge on any atom is -0.309 e. The highest BCUT2D eigenvalue weighted by atomic mass is 15.1. The third-order valence-electron chi connectivity index (χ3n) is 33.3. The summed E-state index contributed by atoms with van der Waals surface area (Å²) in [5.74, 6) is 1.65. The Balaban J connectivity index is 0.534. The van der Waals surface area contributed by atoms with Crippen LogP contribution < -0.4 is 0 Å². The second-order valence-electron chi connectivity index (χ2n) is 42.2. The van der Waals surface area contributed by atoms with E-state index in [4.69, 9.17) is 15.0 Å². The Morgan fingerprint density at radius 2 is 0.361 bits per heavy atom. The molecule has 31 rings (SSSR count). The Morgan fingerprint density at radius 3 is 0.687 bits per heavy atom. The number of fused-ring (bicyclic) bond motifs is 27. The lowest BCUT2D eigenvalue weighted by atomic mass is 9.82. The van der Waals surface area contributed by atoms with Gasteiger partial charge in [-0.15, -0.1) is 0 Å². The van der Waals surface area contributed by atoms with E-state index in [-0.39, 0.29) is 16.2 Å². The highest BCUT2D eigenvalue weighted by molar-refractivity contribution is 6.18. The quantitative estimate of drug-likeness (QED) is 0.122. The molecule has 690 valence electrons. The van der Waals surface area contributed by atoms with Crippen molar-refractivity contribution in [1.82, 2.24) is 42.4 Å². The van der Waals surface area contributed by atoms with E-state index < -0.39 is 0 Å². The Kier molecular flexibility index (Phi) is 17.4. The van der Waals surface area contributed by atoms with Crippen LogP contribution in [0, 0.1) is 0 Å². The van der Waals surface area contributed by atoms with E-state index in [2.05, 4.69) is 524 Å². The van der Waals surface area contributed by atoms with Crippen molar-refractivity contribution in [2.24, 2.45) is 0 Å². The number of hydrogen-bond donors (Lipinski definition) is 0. The highest BCUT2D eigenvalue weighted by Crippen LogP contribution is 2.55. The summed E-state index contributed by atoms with van der Waals surface area (Å²) in [6.07, 6.45) is 0. The molecule has 0 amide bonds. The van der Waals surface area contributed by atoms with Gasteiger partial charge in [0.1, 0.15) is 0 Å². The van der Waals surface area contributed by atoms with Gasteiger partial charge >= 0.3 is 0 Å². The minimum absolute atomic E-state index is 0.131. The average molecular weight is 1880 g/mol. The molecule has 0 unspecified atom stereocenters. The smallest absolute Gasteiger partial charge is 0.164 e. The number of nitrogens with zero attached hydrogens (tertiary/aromatic N) is 9. The topological polar surface area (TPSA) is 68.2 Å². The molecule has 0 atom stereocenters. The monoisotopic (exact) mass is 1880 g/mol. The highest BCUT2D eigenvalue weighted by Gasteiger charge is 2.40. The maximum atomic E-state index is 5.68. The molecule has 3 aliphatic carbocycles. The summed E-state index contributed by atoms with van der Waals surface area (Å²) >= 11 is 0. The second kappa shape index (κ2) is 30.7. The first-order valence-electron chi connectivity index (χ1n) is 51.2. The molecule has 7 aromatic heterocycles. The van der Waals surface area contributed by atoms with Crippen LogP contribution in [0.15, 0.2) is 455 Å². The van der Waals surface area contributed by atoms with Crippen molar-refractivity contribution in [3.8, 4) is 135 Å². The third-order valence-corrected chi connectivity index (χ3v) is 33.3. The van der Waals surface area contributed by atoms with Crippen LogP contribution in [-0.4, -0.2) is 42.4 Å². The molecule has 7 heterocycles. The van der Waals surface area contributed by atoms with E-state index in [0.29, 0.717) is 17.5 Å². The summed E-state index contributed by atoms with van der Waals surface area (Å²) < 4.78 is 14.7. The molecule has 0 saturated carbocycles. The average Bonchev–Trinajstić information content (AvgIpc) is 1.43. The molecule has 3 aliphatic rings. The predicted molar refractivity (Wildman–Crippen MR) is 611 cm³/mol. The van der Waals surface area contributed by atoms with Gasteiger partial charge in [0.15, 0.2) is 17.5 Å². The maximum Gasteiger partial charge on any atom is 0.164 e. The zero-order chi connectivity index (χ0) is 97.3. The van der Waals surface area contributed by atoms with E-state index in [1.807, 2.05) is 0 Å². The molecule has 0 aliphatic heterocycles. The molecule has 9 heteroatoms. The first-order chi connectivity index (χ1) is 72.1. The summed E-state index contributed by atoms with van der Waals surface area (Å²) in [6, 6.07) is 170. The number of aromatic nitrogens is 9. The van der Waals surface area contributed by atoms with Gasteiger partial charge in [-0.1, -0.05) is 321 Å². The molecule has 147 heavy (non-hydrogen) atoms. The van der Waals surface area contributed by atoms with Gasteiger partial charge in [-0.05, 0) is 276 Å². The molecule has 0 fully saturated rings. The Morgan fingerprint density at radius 1 is 0.136 bits per heavy atom. The second-order valence-corrected chi connectivity index (χ2v) is 42.2. The normalized spacial score (nSPS) is 13.7. The van der Waals surface area contributed by atoms with Gasteiger partial charge in [0.2, 0.25) is 0 Å². The largest absolute Gasteiger partial charge is 0.309 e. The molecular formula is C138H93N9. The number of rotatable bonds is 12. The van der Waals surface area contributed by atoms with Crippen LogP contribution in [0.1, 0.15) is 74.9 Å². The lowest BCUT2D eigenvalue weighted by Crippen LogP contribution is -2.15. The van der Waals surface area contributed by atoms with E-state index in [1.165, 1.54) is 159 Å². The van der Waals surface area contributed by atoms with Crippen molar-refractivity contribution in [2.45, 2.75) is 57.8 Å². The molecular weight excluding hydrogens is 1780 g/mol. The van der Waals surface area contributed by atoms with E-state index in [1.54, 1.807) is 0 Å². The molecule has 0 N–H and O–H groups in total. The van der Waals surface area contributed by atoms with Gasteiger partial charge < -0.3 is 27.4 Å². The summed E-state index contributed by atoms with van der Waals surface area (Å²) in [4.78, 5) is 17.0. The fraction of sp³-hybridized carbons (Fsp3) is 0.0652. The van der Waals surface area contributed by atoms with Crippen LogP contribution in [0.4, 0.5) is 0 Å².